The number of anilines is 1. The average Bonchev–Trinajstić information content (AvgIpc) is 2.41. The van der Waals surface area contributed by atoms with Gasteiger partial charge in [-0.25, -0.2) is 9.37 Å². The molecule has 1 aromatic heterocycles. The van der Waals surface area contributed by atoms with E-state index >= 15 is 0 Å². The molecule has 0 aliphatic rings. The van der Waals surface area contributed by atoms with Crippen molar-refractivity contribution >= 4 is 27.4 Å². The fourth-order valence-electron chi connectivity index (χ4n) is 1.46. The number of pyridine rings is 1. The standard InChI is InChI=1S/C12H9BrFN3O3/c13-8-3-10(17(18)19)11(4-9(8)14)20-6-7-1-2-12(15)16-5-7/h1-5H,6H2,(H2,15,16). The summed E-state index contributed by atoms with van der Waals surface area (Å²) in [5, 5.41) is 10.9. The van der Waals surface area contributed by atoms with Gasteiger partial charge in [0.2, 0.25) is 0 Å². The van der Waals surface area contributed by atoms with Crippen LogP contribution in [0, 0.1) is 15.9 Å². The van der Waals surface area contributed by atoms with Crippen LogP contribution in [0.4, 0.5) is 15.9 Å². The van der Waals surface area contributed by atoms with Crippen LogP contribution < -0.4 is 10.5 Å². The lowest BCUT2D eigenvalue weighted by Gasteiger charge is -2.07. The molecular formula is C12H9BrFN3O3. The SMILES string of the molecule is Nc1ccc(COc2cc(F)c(Br)cc2[N+](=O)[O-])cn1. The molecule has 8 heteroatoms. The van der Waals surface area contributed by atoms with Gasteiger partial charge in [0, 0.05) is 23.9 Å². The highest BCUT2D eigenvalue weighted by Gasteiger charge is 2.19. The van der Waals surface area contributed by atoms with E-state index in [4.69, 9.17) is 10.5 Å². The Kier molecular flexibility index (Phi) is 4.14. The number of nitro benzene ring substituents is 1. The third kappa shape index (κ3) is 3.21. The van der Waals surface area contributed by atoms with E-state index in [1.807, 2.05) is 0 Å². The van der Waals surface area contributed by atoms with Gasteiger partial charge in [0.25, 0.3) is 0 Å². The molecule has 1 aromatic carbocycles. The van der Waals surface area contributed by atoms with E-state index in [0.717, 1.165) is 12.1 Å². The summed E-state index contributed by atoms with van der Waals surface area (Å²) in [6.45, 7) is 0.0230. The van der Waals surface area contributed by atoms with E-state index in [9.17, 15) is 14.5 Å². The summed E-state index contributed by atoms with van der Waals surface area (Å²) < 4.78 is 18.7. The molecule has 0 aliphatic heterocycles. The van der Waals surface area contributed by atoms with Crippen molar-refractivity contribution in [1.29, 1.82) is 0 Å². The molecule has 0 spiro atoms. The lowest BCUT2D eigenvalue weighted by molar-refractivity contribution is -0.386. The first-order valence-corrected chi connectivity index (χ1v) is 6.23. The summed E-state index contributed by atoms with van der Waals surface area (Å²) in [6, 6.07) is 5.28. The first kappa shape index (κ1) is 14.2. The Morgan fingerprint density at radius 2 is 2.20 bits per heavy atom. The minimum atomic E-state index is -0.638. The van der Waals surface area contributed by atoms with Crippen molar-refractivity contribution in [3.8, 4) is 5.75 Å². The zero-order valence-corrected chi connectivity index (χ0v) is 11.6. The topological polar surface area (TPSA) is 91.3 Å². The Morgan fingerprint density at radius 1 is 1.45 bits per heavy atom. The molecule has 0 radical (unpaired) electrons. The van der Waals surface area contributed by atoms with Gasteiger partial charge >= 0.3 is 5.69 Å². The Labute approximate surface area is 121 Å². The van der Waals surface area contributed by atoms with Crippen LogP contribution in [0.2, 0.25) is 0 Å². The molecule has 104 valence electrons. The van der Waals surface area contributed by atoms with Crippen LogP contribution in [0.5, 0.6) is 5.75 Å². The molecule has 0 saturated heterocycles. The molecule has 0 amide bonds. The number of nitrogen functional groups attached to an aromatic ring is 1. The second-order valence-corrected chi connectivity index (χ2v) is 4.73. The highest BCUT2D eigenvalue weighted by atomic mass is 79.9. The Balaban J connectivity index is 2.22. The number of nitrogens with zero attached hydrogens (tertiary/aromatic N) is 2. The maximum atomic E-state index is 13.4. The van der Waals surface area contributed by atoms with Crippen molar-refractivity contribution in [3.05, 3.63) is 56.4 Å². The van der Waals surface area contributed by atoms with Crippen molar-refractivity contribution in [1.82, 2.24) is 4.98 Å². The van der Waals surface area contributed by atoms with Crippen molar-refractivity contribution in [2.75, 3.05) is 5.73 Å². The molecule has 1 heterocycles. The largest absolute Gasteiger partial charge is 0.482 e. The molecule has 0 saturated carbocycles. The minimum Gasteiger partial charge on any atom is -0.482 e. The maximum absolute atomic E-state index is 13.4. The normalized spacial score (nSPS) is 10.3. The predicted octanol–water partition coefficient (Wildman–Crippen LogP) is 3.05. The van der Waals surface area contributed by atoms with E-state index in [1.165, 1.54) is 6.20 Å². The van der Waals surface area contributed by atoms with Gasteiger partial charge in [-0.2, -0.15) is 0 Å². The van der Waals surface area contributed by atoms with Gasteiger partial charge in [-0.1, -0.05) is 6.07 Å². The molecule has 6 nitrogen and oxygen atoms in total. The predicted molar refractivity (Wildman–Crippen MR) is 73.7 cm³/mol. The Bertz CT molecular complexity index is 649. The smallest absolute Gasteiger partial charge is 0.312 e. The van der Waals surface area contributed by atoms with Gasteiger partial charge in [-0.3, -0.25) is 10.1 Å². The number of halogens is 2. The number of aromatic nitrogens is 1. The van der Waals surface area contributed by atoms with Gasteiger partial charge in [0.1, 0.15) is 18.2 Å². The van der Waals surface area contributed by atoms with E-state index in [0.29, 0.717) is 11.4 Å². The van der Waals surface area contributed by atoms with Crippen molar-refractivity contribution in [2.45, 2.75) is 6.61 Å². The summed E-state index contributed by atoms with van der Waals surface area (Å²) >= 11 is 2.89. The number of nitro groups is 1. The first-order valence-electron chi connectivity index (χ1n) is 5.44. The van der Waals surface area contributed by atoms with Crippen LogP contribution in [0.3, 0.4) is 0 Å². The van der Waals surface area contributed by atoms with Crippen LogP contribution in [0.15, 0.2) is 34.9 Å². The number of benzene rings is 1. The summed E-state index contributed by atoms with van der Waals surface area (Å²) in [4.78, 5) is 14.1. The van der Waals surface area contributed by atoms with E-state index < -0.39 is 10.7 Å². The van der Waals surface area contributed by atoms with Gasteiger partial charge in [-0.15, -0.1) is 0 Å². The molecule has 20 heavy (non-hydrogen) atoms. The molecule has 0 atom stereocenters. The number of hydrogen-bond acceptors (Lipinski definition) is 5. The van der Waals surface area contributed by atoms with Crippen LogP contribution in [-0.4, -0.2) is 9.91 Å². The molecule has 0 unspecified atom stereocenters. The Hall–Kier alpha value is -2.22. The van der Waals surface area contributed by atoms with E-state index in [-0.39, 0.29) is 22.5 Å². The van der Waals surface area contributed by atoms with Gasteiger partial charge in [-0.05, 0) is 22.0 Å². The summed E-state index contributed by atoms with van der Waals surface area (Å²) in [5.41, 5.74) is 5.78. The molecule has 0 fully saturated rings. The third-order valence-corrected chi connectivity index (χ3v) is 3.05. The molecular weight excluding hydrogens is 333 g/mol. The van der Waals surface area contributed by atoms with Crippen molar-refractivity contribution in [3.63, 3.8) is 0 Å². The van der Waals surface area contributed by atoms with Gasteiger partial charge in [0.05, 0.1) is 9.40 Å². The lowest BCUT2D eigenvalue weighted by atomic mass is 10.2. The minimum absolute atomic E-state index is 0.00528. The lowest BCUT2D eigenvalue weighted by Crippen LogP contribution is -2.01. The van der Waals surface area contributed by atoms with Crippen LogP contribution in [0.1, 0.15) is 5.56 Å². The number of nitrogens with two attached hydrogens (primary N) is 1. The van der Waals surface area contributed by atoms with Gasteiger partial charge in [0.15, 0.2) is 5.75 Å². The van der Waals surface area contributed by atoms with E-state index in [1.54, 1.807) is 12.1 Å². The molecule has 2 aromatic rings. The number of ether oxygens (including phenoxy) is 1. The highest BCUT2D eigenvalue weighted by molar-refractivity contribution is 9.10. The van der Waals surface area contributed by atoms with Crippen LogP contribution in [-0.2, 0) is 6.61 Å². The quantitative estimate of drug-likeness (QED) is 0.681. The first-order chi connectivity index (χ1) is 9.47. The van der Waals surface area contributed by atoms with E-state index in [2.05, 4.69) is 20.9 Å². The molecule has 0 aliphatic carbocycles. The van der Waals surface area contributed by atoms with Crippen LogP contribution in [0.25, 0.3) is 0 Å². The summed E-state index contributed by atoms with van der Waals surface area (Å²) in [5.74, 6) is -0.428. The number of hydrogen-bond donors (Lipinski definition) is 1. The molecule has 2 N–H and O–H groups in total. The number of rotatable bonds is 4. The zero-order chi connectivity index (χ0) is 14.7. The summed E-state index contributed by atoms with van der Waals surface area (Å²) in [7, 11) is 0. The van der Waals surface area contributed by atoms with Crippen LogP contribution >= 0.6 is 15.9 Å². The zero-order valence-electron chi connectivity index (χ0n) is 10.0. The monoisotopic (exact) mass is 341 g/mol. The molecule has 0 bridgehead atoms. The van der Waals surface area contributed by atoms with Crippen molar-refractivity contribution < 1.29 is 14.1 Å². The molecule has 2 rings (SSSR count). The third-order valence-electron chi connectivity index (χ3n) is 2.44. The van der Waals surface area contributed by atoms with Gasteiger partial charge < -0.3 is 10.5 Å². The second kappa shape index (κ2) is 5.83. The second-order valence-electron chi connectivity index (χ2n) is 3.87. The fraction of sp³-hybridized carbons (Fsp3) is 0.0833. The van der Waals surface area contributed by atoms with Crippen molar-refractivity contribution in [2.24, 2.45) is 0 Å². The summed E-state index contributed by atoms with van der Waals surface area (Å²) in [6.07, 6.45) is 1.48. The highest BCUT2D eigenvalue weighted by Crippen LogP contribution is 2.32. The fourth-order valence-corrected chi connectivity index (χ4v) is 1.79. The average molecular weight is 342 g/mol. The Morgan fingerprint density at radius 3 is 2.80 bits per heavy atom. The maximum Gasteiger partial charge on any atom is 0.312 e.